The zero-order valence-electron chi connectivity index (χ0n) is 15.0. The molecule has 3 rings (SSSR count). The average molecular weight is 450 g/mol. The first kappa shape index (κ1) is 19.6. The Bertz CT molecular complexity index is 1120. The van der Waals surface area contributed by atoms with E-state index in [0.717, 1.165) is 9.91 Å². The van der Waals surface area contributed by atoms with Crippen molar-refractivity contribution >= 4 is 43.9 Å². The third-order valence-corrected chi connectivity index (χ3v) is 8.82. The van der Waals surface area contributed by atoms with Gasteiger partial charge in [0, 0.05) is 0 Å². The van der Waals surface area contributed by atoms with Crippen LogP contribution in [0.5, 0.6) is 0 Å². The molecule has 0 saturated heterocycles. The summed E-state index contributed by atoms with van der Waals surface area (Å²) in [5.74, 6) is -0.373. The van der Waals surface area contributed by atoms with E-state index in [-0.39, 0.29) is 11.7 Å². The number of nitrogens with one attached hydrogen (secondary N) is 1. The summed E-state index contributed by atoms with van der Waals surface area (Å²) in [5.41, 5.74) is 2.25. The van der Waals surface area contributed by atoms with Crippen molar-refractivity contribution in [3.8, 4) is 11.3 Å². The van der Waals surface area contributed by atoms with E-state index in [9.17, 15) is 17.6 Å². The van der Waals surface area contributed by atoms with Crippen LogP contribution in [-0.4, -0.2) is 42.2 Å². The van der Waals surface area contributed by atoms with Crippen LogP contribution in [0.15, 0.2) is 40.8 Å². The second-order valence-electron chi connectivity index (χ2n) is 6.05. The first-order valence-electron chi connectivity index (χ1n) is 8.24. The van der Waals surface area contributed by atoms with Gasteiger partial charge in [-0.2, -0.15) is 0 Å². The van der Waals surface area contributed by atoms with Gasteiger partial charge in [-0.1, -0.05) is 0 Å². The predicted octanol–water partition coefficient (Wildman–Crippen LogP) is 2.45. The third-order valence-electron chi connectivity index (χ3n) is 4.09. The van der Waals surface area contributed by atoms with Gasteiger partial charge >= 0.3 is 163 Å². The predicted molar refractivity (Wildman–Crippen MR) is 105 cm³/mol. The molecule has 0 spiro atoms. The molecule has 5 nitrogen and oxygen atoms in total. The average Bonchev–Trinajstić information content (AvgIpc) is 2.97. The van der Waals surface area contributed by atoms with Crippen molar-refractivity contribution in [2.45, 2.75) is 13.3 Å². The number of fused-ring (bicyclic) bond motifs is 1. The number of rotatable bonds is 5. The summed E-state index contributed by atoms with van der Waals surface area (Å²) in [6.07, 6.45) is 1.86. The van der Waals surface area contributed by atoms with E-state index >= 15 is 0 Å². The Morgan fingerprint density at radius 2 is 1.89 bits per heavy atom. The van der Waals surface area contributed by atoms with Gasteiger partial charge in [-0.25, -0.2) is 0 Å². The number of carbonyl (C=O) groups is 1. The monoisotopic (exact) mass is 450 g/mol. The quantitative estimate of drug-likeness (QED) is 0.606. The normalized spacial score (nSPS) is 12.1. The van der Waals surface area contributed by atoms with Gasteiger partial charge in [0.2, 0.25) is 0 Å². The van der Waals surface area contributed by atoms with Crippen LogP contribution in [0.4, 0.5) is 4.39 Å². The van der Waals surface area contributed by atoms with Crippen molar-refractivity contribution in [3.63, 3.8) is 0 Å². The molecule has 3 aromatic rings. The van der Waals surface area contributed by atoms with Crippen LogP contribution >= 0.6 is 0 Å². The number of halogens is 1. The molecule has 141 valence electrons. The number of furan rings is 1. The van der Waals surface area contributed by atoms with Crippen molar-refractivity contribution in [1.29, 1.82) is 0 Å². The molecule has 1 heterocycles. The number of hydrogen-bond donors (Lipinski definition) is 1. The molecule has 0 aliphatic heterocycles. The molecule has 27 heavy (non-hydrogen) atoms. The van der Waals surface area contributed by atoms with Crippen molar-refractivity contribution in [2.75, 3.05) is 13.3 Å². The third kappa shape index (κ3) is 4.09. The Hall–Kier alpha value is -2.11. The van der Waals surface area contributed by atoms with E-state index in [1.807, 2.05) is 13.0 Å². The topological polar surface area (TPSA) is 76.4 Å². The summed E-state index contributed by atoms with van der Waals surface area (Å²) in [5, 5.41) is 3.22. The van der Waals surface area contributed by atoms with Gasteiger partial charge in [0.15, 0.2) is 0 Å². The molecule has 0 aliphatic rings. The van der Waals surface area contributed by atoms with Crippen LogP contribution in [0, 0.1) is 5.82 Å². The molecule has 1 aromatic heterocycles. The maximum absolute atomic E-state index is 13.3. The Morgan fingerprint density at radius 1 is 1.22 bits per heavy atom. The second-order valence-corrected chi connectivity index (χ2v) is 14.0. The molecule has 0 atom stereocenters. The Kier molecular flexibility index (Phi) is 5.45. The SMILES string of the molecule is CCc1cc2c(C(=O)NC)c(-c3ccc(F)cc3)oc2cc1[As]S(C)(=O)=O. The molecule has 0 fully saturated rings. The summed E-state index contributed by atoms with van der Waals surface area (Å²) in [6.45, 7) is 1.94. The molecule has 0 unspecified atom stereocenters. The fraction of sp³-hybridized carbons (Fsp3) is 0.211. The number of aryl methyl sites for hydroxylation is 1. The van der Waals surface area contributed by atoms with Gasteiger partial charge in [0.1, 0.15) is 0 Å². The van der Waals surface area contributed by atoms with Gasteiger partial charge in [-0.15, -0.1) is 0 Å². The van der Waals surface area contributed by atoms with E-state index in [0.29, 0.717) is 34.3 Å². The number of benzene rings is 2. The molecule has 0 saturated carbocycles. The number of hydrogen-bond acceptors (Lipinski definition) is 4. The van der Waals surface area contributed by atoms with Crippen LogP contribution in [0.3, 0.4) is 0 Å². The molecular weight excluding hydrogens is 432 g/mol. The zero-order valence-corrected chi connectivity index (χ0v) is 17.7. The summed E-state index contributed by atoms with van der Waals surface area (Å²) in [4.78, 5) is 12.5. The maximum atomic E-state index is 13.3. The standard InChI is InChI=1S/C19H18AsFNO4S/c1-4-11-9-14-16(10-15(11)20-27(3,24)25)26-18(17(14)19(23)22-2)12-5-7-13(21)8-6-12/h5-10H,4H2,1-3H3,(H,22,23). The Labute approximate surface area is 162 Å². The van der Waals surface area contributed by atoms with E-state index in [2.05, 4.69) is 5.32 Å². The van der Waals surface area contributed by atoms with Crippen LogP contribution < -0.4 is 9.67 Å². The molecule has 1 amide bonds. The minimum atomic E-state index is -3.13. The molecule has 0 aliphatic carbocycles. The van der Waals surface area contributed by atoms with Crippen molar-refractivity contribution in [1.82, 2.24) is 5.32 Å². The summed E-state index contributed by atoms with van der Waals surface area (Å²) in [7, 11) is -1.60. The molecule has 1 N–H and O–H groups in total. The van der Waals surface area contributed by atoms with Crippen LogP contribution in [0.1, 0.15) is 22.8 Å². The molecule has 1 radical (unpaired) electrons. The number of amides is 1. The van der Waals surface area contributed by atoms with Gasteiger partial charge in [0.05, 0.1) is 0 Å². The van der Waals surface area contributed by atoms with Crippen molar-refractivity contribution in [3.05, 3.63) is 53.3 Å². The van der Waals surface area contributed by atoms with Gasteiger partial charge in [-0.3, -0.25) is 0 Å². The van der Waals surface area contributed by atoms with E-state index in [1.165, 1.54) is 25.4 Å². The van der Waals surface area contributed by atoms with E-state index in [4.69, 9.17) is 4.42 Å². The fourth-order valence-corrected chi connectivity index (χ4v) is 7.44. The van der Waals surface area contributed by atoms with Crippen molar-refractivity contribution in [2.24, 2.45) is 0 Å². The van der Waals surface area contributed by atoms with Crippen molar-refractivity contribution < 1.29 is 22.0 Å². The summed E-state index contributed by atoms with van der Waals surface area (Å²) < 4.78 is 43.6. The van der Waals surface area contributed by atoms with E-state index in [1.54, 1.807) is 18.2 Å². The first-order chi connectivity index (χ1) is 12.7. The van der Waals surface area contributed by atoms with Crippen LogP contribution in [-0.2, 0) is 14.5 Å². The van der Waals surface area contributed by atoms with Gasteiger partial charge < -0.3 is 0 Å². The van der Waals surface area contributed by atoms with Gasteiger partial charge in [-0.05, 0) is 0 Å². The zero-order chi connectivity index (χ0) is 19.8. The van der Waals surface area contributed by atoms with E-state index < -0.39 is 22.7 Å². The minimum absolute atomic E-state index is 0.320. The Balaban J connectivity index is 2.30. The van der Waals surface area contributed by atoms with Crippen LogP contribution in [0.25, 0.3) is 22.3 Å². The van der Waals surface area contributed by atoms with Crippen LogP contribution in [0.2, 0.25) is 0 Å². The van der Waals surface area contributed by atoms with Gasteiger partial charge in [0.25, 0.3) is 0 Å². The Morgan fingerprint density at radius 3 is 2.44 bits per heavy atom. The fourth-order valence-electron chi connectivity index (χ4n) is 2.88. The molecule has 2 aromatic carbocycles. The first-order valence-corrected chi connectivity index (χ1v) is 13.3. The molecular formula is C19H18AsFNO4S. The second kappa shape index (κ2) is 7.49. The summed E-state index contributed by atoms with van der Waals surface area (Å²) in [6, 6.07) is 9.23. The molecule has 0 bridgehead atoms. The summed E-state index contributed by atoms with van der Waals surface area (Å²) >= 11 is -1.07. The molecule has 8 heteroatoms. The number of carbonyl (C=O) groups excluding carboxylic acids is 1.